The summed E-state index contributed by atoms with van der Waals surface area (Å²) < 4.78 is 9.75. The molecule has 1 aromatic heterocycles. The molecule has 1 aliphatic heterocycles. The predicted octanol–water partition coefficient (Wildman–Crippen LogP) is 2.06. The molecule has 136 valence electrons. The third-order valence-electron chi connectivity index (χ3n) is 4.14. The Hall–Kier alpha value is -3.29. The predicted molar refractivity (Wildman–Crippen MR) is 93.0 cm³/mol. The summed E-state index contributed by atoms with van der Waals surface area (Å²) >= 11 is 0. The lowest BCUT2D eigenvalue weighted by Crippen LogP contribution is -2.51. The van der Waals surface area contributed by atoms with Gasteiger partial charge in [0.1, 0.15) is 0 Å². The number of nitrogens with zero attached hydrogens (tertiary/aromatic N) is 2. The zero-order valence-electron chi connectivity index (χ0n) is 14.3. The highest BCUT2D eigenvalue weighted by Crippen LogP contribution is 2.13. The van der Waals surface area contributed by atoms with Crippen molar-refractivity contribution in [3.63, 3.8) is 0 Å². The summed E-state index contributed by atoms with van der Waals surface area (Å²) in [6, 6.07) is 9.49. The van der Waals surface area contributed by atoms with Crippen LogP contribution in [0.5, 0.6) is 0 Å². The summed E-state index contributed by atoms with van der Waals surface area (Å²) in [7, 11) is 1.31. The van der Waals surface area contributed by atoms with Gasteiger partial charge in [-0.05, 0) is 36.4 Å². The highest BCUT2D eigenvalue weighted by Gasteiger charge is 2.26. The van der Waals surface area contributed by atoms with Crippen LogP contribution in [0.2, 0.25) is 0 Å². The number of benzene rings is 1. The van der Waals surface area contributed by atoms with Gasteiger partial charge in [-0.1, -0.05) is 0 Å². The normalized spacial score (nSPS) is 14.0. The van der Waals surface area contributed by atoms with Crippen molar-refractivity contribution in [2.75, 3.05) is 38.6 Å². The van der Waals surface area contributed by atoms with E-state index in [9.17, 15) is 14.4 Å². The van der Waals surface area contributed by atoms with Crippen LogP contribution in [0.15, 0.2) is 47.1 Å². The second-order valence-corrected chi connectivity index (χ2v) is 5.76. The number of nitrogens with one attached hydrogen (secondary N) is 1. The first-order valence-corrected chi connectivity index (χ1v) is 8.15. The fourth-order valence-corrected chi connectivity index (χ4v) is 2.68. The lowest BCUT2D eigenvalue weighted by Gasteiger charge is -2.34. The molecule has 2 heterocycles. The monoisotopic (exact) mass is 357 g/mol. The van der Waals surface area contributed by atoms with Crippen LogP contribution < -0.4 is 5.32 Å². The van der Waals surface area contributed by atoms with Crippen LogP contribution in [0, 0.1) is 0 Å². The minimum Gasteiger partial charge on any atom is -0.465 e. The fraction of sp³-hybridized carbons (Fsp3) is 0.278. The number of anilines is 1. The highest BCUT2D eigenvalue weighted by atomic mass is 16.5. The number of piperazine rings is 1. The van der Waals surface area contributed by atoms with E-state index < -0.39 is 5.97 Å². The molecule has 0 atom stereocenters. The Kier molecular flexibility index (Phi) is 5.21. The minimum absolute atomic E-state index is 0.173. The molecule has 0 spiro atoms. The van der Waals surface area contributed by atoms with Crippen molar-refractivity contribution in [3.8, 4) is 0 Å². The van der Waals surface area contributed by atoms with E-state index in [4.69, 9.17) is 4.42 Å². The van der Waals surface area contributed by atoms with Crippen molar-refractivity contribution >= 4 is 23.6 Å². The molecule has 0 aliphatic carbocycles. The smallest absolute Gasteiger partial charge is 0.337 e. The molecular formula is C18H19N3O5. The van der Waals surface area contributed by atoms with Gasteiger partial charge in [0.2, 0.25) is 0 Å². The van der Waals surface area contributed by atoms with Gasteiger partial charge in [-0.25, -0.2) is 9.59 Å². The van der Waals surface area contributed by atoms with E-state index in [1.165, 1.54) is 13.4 Å². The van der Waals surface area contributed by atoms with Crippen molar-refractivity contribution in [1.82, 2.24) is 9.80 Å². The minimum atomic E-state index is -0.430. The molecule has 26 heavy (non-hydrogen) atoms. The standard InChI is InChI=1S/C18H19N3O5/c1-25-17(23)13-4-6-14(7-5-13)19-18(24)21-10-8-20(9-11-21)16(22)15-3-2-12-26-15/h2-7,12H,8-11H2,1H3,(H,19,24). The number of methoxy groups -OCH3 is 1. The average molecular weight is 357 g/mol. The van der Waals surface area contributed by atoms with Gasteiger partial charge in [-0.15, -0.1) is 0 Å². The van der Waals surface area contributed by atoms with Gasteiger partial charge in [0.15, 0.2) is 5.76 Å². The first-order chi connectivity index (χ1) is 12.6. The van der Waals surface area contributed by atoms with Gasteiger partial charge < -0.3 is 24.3 Å². The fourth-order valence-electron chi connectivity index (χ4n) is 2.68. The van der Waals surface area contributed by atoms with E-state index in [-0.39, 0.29) is 11.9 Å². The van der Waals surface area contributed by atoms with Gasteiger partial charge in [-0.2, -0.15) is 0 Å². The third-order valence-corrected chi connectivity index (χ3v) is 4.14. The number of ether oxygens (including phenoxy) is 1. The van der Waals surface area contributed by atoms with Crippen LogP contribution in [-0.2, 0) is 4.74 Å². The maximum Gasteiger partial charge on any atom is 0.337 e. The molecular weight excluding hydrogens is 338 g/mol. The van der Waals surface area contributed by atoms with Crippen molar-refractivity contribution < 1.29 is 23.5 Å². The Bertz CT molecular complexity index is 778. The average Bonchev–Trinajstić information content (AvgIpc) is 3.22. The number of urea groups is 1. The largest absolute Gasteiger partial charge is 0.465 e. The number of hydrogen-bond donors (Lipinski definition) is 1. The molecule has 8 heteroatoms. The third kappa shape index (κ3) is 3.85. The van der Waals surface area contributed by atoms with Crippen LogP contribution in [-0.4, -0.2) is 61.0 Å². The number of carbonyl (C=O) groups excluding carboxylic acids is 3. The van der Waals surface area contributed by atoms with Crippen LogP contribution in [0.1, 0.15) is 20.9 Å². The number of furan rings is 1. The van der Waals surface area contributed by atoms with Crippen LogP contribution >= 0.6 is 0 Å². The summed E-state index contributed by atoms with van der Waals surface area (Å²) in [6.07, 6.45) is 1.46. The van der Waals surface area contributed by atoms with E-state index >= 15 is 0 Å². The molecule has 1 aliphatic rings. The Morgan fingerprint density at radius 3 is 2.23 bits per heavy atom. The summed E-state index contributed by atoms with van der Waals surface area (Å²) in [5, 5.41) is 2.78. The molecule has 0 unspecified atom stereocenters. The van der Waals surface area contributed by atoms with Crippen molar-refractivity contribution in [1.29, 1.82) is 0 Å². The molecule has 1 saturated heterocycles. The zero-order valence-corrected chi connectivity index (χ0v) is 14.3. The topological polar surface area (TPSA) is 92.1 Å². The summed E-state index contributed by atoms with van der Waals surface area (Å²) in [5.74, 6) is -0.303. The van der Waals surface area contributed by atoms with Crippen LogP contribution in [0.4, 0.5) is 10.5 Å². The molecule has 2 aromatic rings. The first-order valence-electron chi connectivity index (χ1n) is 8.15. The maximum absolute atomic E-state index is 12.3. The molecule has 3 rings (SSSR count). The van der Waals surface area contributed by atoms with E-state index in [2.05, 4.69) is 10.1 Å². The molecule has 0 saturated carbocycles. The van der Waals surface area contributed by atoms with E-state index in [0.29, 0.717) is 43.2 Å². The van der Waals surface area contributed by atoms with Crippen molar-refractivity contribution in [2.45, 2.75) is 0 Å². The van der Waals surface area contributed by atoms with E-state index in [0.717, 1.165) is 0 Å². The lowest BCUT2D eigenvalue weighted by molar-refractivity contribution is 0.0599. The summed E-state index contributed by atoms with van der Waals surface area (Å²) in [4.78, 5) is 39.3. The van der Waals surface area contributed by atoms with Crippen LogP contribution in [0.3, 0.4) is 0 Å². The second-order valence-electron chi connectivity index (χ2n) is 5.76. The van der Waals surface area contributed by atoms with Gasteiger partial charge in [-0.3, -0.25) is 4.79 Å². The molecule has 0 bridgehead atoms. The highest BCUT2D eigenvalue weighted by molar-refractivity contribution is 5.93. The van der Waals surface area contributed by atoms with Crippen molar-refractivity contribution in [3.05, 3.63) is 54.0 Å². The number of carbonyl (C=O) groups is 3. The van der Waals surface area contributed by atoms with Gasteiger partial charge in [0, 0.05) is 31.9 Å². The summed E-state index contributed by atoms with van der Waals surface area (Å²) in [6.45, 7) is 1.74. The molecule has 1 N–H and O–H groups in total. The number of esters is 1. The molecule has 0 radical (unpaired) electrons. The number of amides is 3. The van der Waals surface area contributed by atoms with Gasteiger partial charge in [0.25, 0.3) is 5.91 Å². The van der Waals surface area contributed by atoms with Gasteiger partial charge in [0.05, 0.1) is 18.9 Å². The SMILES string of the molecule is COC(=O)c1ccc(NC(=O)N2CCN(C(=O)c3ccco3)CC2)cc1. The summed E-state index contributed by atoms with van der Waals surface area (Å²) in [5.41, 5.74) is 0.993. The zero-order chi connectivity index (χ0) is 18.5. The Morgan fingerprint density at radius 2 is 1.65 bits per heavy atom. The quantitative estimate of drug-likeness (QED) is 0.849. The van der Waals surface area contributed by atoms with Crippen molar-refractivity contribution in [2.24, 2.45) is 0 Å². The molecule has 3 amide bonds. The molecule has 1 aromatic carbocycles. The maximum atomic E-state index is 12.3. The van der Waals surface area contributed by atoms with E-state index in [1.54, 1.807) is 46.2 Å². The molecule has 1 fully saturated rings. The number of rotatable bonds is 3. The Morgan fingerprint density at radius 1 is 1.00 bits per heavy atom. The second kappa shape index (κ2) is 7.73. The van der Waals surface area contributed by atoms with Gasteiger partial charge >= 0.3 is 12.0 Å². The Labute approximate surface area is 150 Å². The Balaban J connectivity index is 1.52. The molecule has 8 nitrogen and oxygen atoms in total. The van der Waals surface area contributed by atoms with E-state index in [1.807, 2.05) is 0 Å². The number of hydrogen-bond acceptors (Lipinski definition) is 5. The van der Waals surface area contributed by atoms with Crippen LogP contribution in [0.25, 0.3) is 0 Å². The first kappa shape index (κ1) is 17.5. The lowest BCUT2D eigenvalue weighted by atomic mass is 10.2.